The second-order valence-electron chi connectivity index (χ2n) is 7.86. The van der Waals surface area contributed by atoms with Crippen LogP contribution in [0.5, 0.6) is 17.2 Å². The third-order valence-electron chi connectivity index (χ3n) is 4.85. The van der Waals surface area contributed by atoms with E-state index < -0.39 is 34.7 Å². The second kappa shape index (κ2) is 7.44. The fourth-order valence-corrected chi connectivity index (χ4v) is 3.53. The normalized spacial score (nSPS) is 18.3. The summed E-state index contributed by atoms with van der Waals surface area (Å²) in [7, 11) is 0. The maximum atomic E-state index is 13.2. The zero-order chi connectivity index (χ0) is 22.3. The molecule has 1 atom stereocenters. The molecule has 1 fully saturated rings. The summed E-state index contributed by atoms with van der Waals surface area (Å²) in [6.45, 7) is 3.86. The maximum absolute atomic E-state index is 13.2. The molecule has 30 heavy (non-hydrogen) atoms. The quantitative estimate of drug-likeness (QED) is 0.785. The molecule has 0 spiro atoms. The van der Waals surface area contributed by atoms with Crippen LogP contribution in [0.1, 0.15) is 30.5 Å². The fourth-order valence-electron chi connectivity index (χ4n) is 3.53. The molecule has 0 radical (unpaired) electrons. The molecular weight excluding hydrogens is 401 g/mol. The van der Waals surface area contributed by atoms with Crippen LogP contribution in [0.4, 0.5) is 13.2 Å². The van der Waals surface area contributed by atoms with Crippen molar-refractivity contribution in [3.05, 3.63) is 53.1 Å². The molecule has 3 rings (SSSR count). The molecule has 1 heterocycles. The Morgan fingerprint density at radius 1 is 1.20 bits per heavy atom. The van der Waals surface area contributed by atoms with Crippen LogP contribution < -0.4 is 4.74 Å². The Balaban J connectivity index is 1.84. The first-order chi connectivity index (χ1) is 13.9. The van der Waals surface area contributed by atoms with E-state index in [9.17, 15) is 28.2 Å². The van der Waals surface area contributed by atoms with Crippen molar-refractivity contribution in [2.45, 2.75) is 32.7 Å². The van der Waals surface area contributed by atoms with Gasteiger partial charge in [0.25, 0.3) is 5.91 Å². The first kappa shape index (κ1) is 21.3. The molecule has 6 nitrogen and oxygen atoms in total. The SMILES string of the molecule is CC1(C)CN(Cc2cc(O)cc(O)c2)C(=O)C1Oc1ccc(C#N)c(C(F)(F)F)c1. The fraction of sp³-hybridized carbons (Fsp3) is 0.333. The van der Waals surface area contributed by atoms with E-state index in [2.05, 4.69) is 0 Å². The van der Waals surface area contributed by atoms with E-state index in [0.717, 1.165) is 18.2 Å². The summed E-state index contributed by atoms with van der Waals surface area (Å²) in [5.74, 6) is -0.896. The van der Waals surface area contributed by atoms with Crippen molar-refractivity contribution in [1.82, 2.24) is 4.90 Å². The second-order valence-corrected chi connectivity index (χ2v) is 7.86. The topological polar surface area (TPSA) is 93.8 Å². The van der Waals surface area contributed by atoms with Crippen molar-refractivity contribution in [3.63, 3.8) is 0 Å². The summed E-state index contributed by atoms with van der Waals surface area (Å²) >= 11 is 0. The van der Waals surface area contributed by atoms with Gasteiger partial charge in [0, 0.05) is 24.6 Å². The summed E-state index contributed by atoms with van der Waals surface area (Å²) < 4.78 is 45.3. The van der Waals surface area contributed by atoms with Crippen molar-refractivity contribution >= 4 is 5.91 Å². The van der Waals surface area contributed by atoms with Crippen LogP contribution in [0.15, 0.2) is 36.4 Å². The van der Waals surface area contributed by atoms with E-state index in [1.807, 2.05) is 0 Å². The van der Waals surface area contributed by atoms with Crippen LogP contribution in [0.3, 0.4) is 0 Å². The van der Waals surface area contributed by atoms with E-state index in [1.165, 1.54) is 29.2 Å². The molecule has 2 aromatic carbocycles. The van der Waals surface area contributed by atoms with Gasteiger partial charge in [-0.25, -0.2) is 0 Å². The van der Waals surface area contributed by atoms with Gasteiger partial charge in [0.2, 0.25) is 0 Å². The summed E-state index contributed by atoms with van der Waals surface area (Å²) in [4.78, 5) is 14.4. The van der Waals surface area contributed by atoms with Gasteiger partial charge >= 0.3 is 6.18 Å². The molecule has 1 aliphatic rings. The number of halogens is 3. The molecule has 1 aliphatic heterocycles. The summed E-state index contributed by atoms with van der Waals surface area (Å²) in [6, 6.07) is 8.44. The van der Waals surface area contributed by atoms with Crippen molar-refractivity contribution in [2.24, 2.45) is 5.41 Å². The average molecular weight is 420 g/mol. The van der Waals surface area contributed by atoms with Gasteiger partial charge in [0.1, 0.15) is 17.2 Å². The molecule has 0 aromatic heterocycles. The van der Waals surface area contributed by atoms with Crippen LogP contribution in [0, 0.1) is 16.7 Å². The van der Waals surface area contributed by atoms with Crippen LogP contribution in [-0.2, 0) is 17.5 Å². The lowest BCUT2D eigenvalue weighted by Gasteiger charge is -2.24. The molecule has 1 amide bonds. The number of alkyl halides is 3. The highest BCUT2D eigenvalue weighted by molar-refractivity contribution is 5.84. The first-order valence-electron chi connectivity index (χ1n) is 8.99. The summed E-state index contributed by atoms with van der Waals surface area (Å²) in [5.41, 5.74) is -1.88. The lowest BCUT2D eigenvalue weighted by atomic mass is 9.89. The minimum Gasteiger partial charge on any atom is -0.508 e. The predicted molar refractivity (Wildman–Crippen MR) is 99.5 cm³/mol. The molecule has 2 aromatic rings. The maximum Gasteiger partial charge on any atom is 0.417 e. The Hall–Kier alpha value is -3.41. The lowest BCUT2D eigenvalue weighted by molar-refractivity contribution is -0.138. The number of phenolic OH excluding ortho intramolecular Hbond substituents is 2. The molecular formula is C21H19F3N2O4. The van der Waals surface area contributed by atoms with Crippen molar-refractivity contribution in [1.29, 1.82) is 5.26 Å². The van der Waals surface area contributed by atoms with E-state index in [1.54, 1.807) is 13.8 Å². The number of benzene rings is 2. The Morgan fingerprint density at radius 3 is 2.40 bits per heavy atom. The van der Waals surface area contributed by atoms with E-state index in [4.69, 9.17) is 10.00 Å². The number of carbonyl (C=O) groups is 1. The number of ether oxygens (including phenoxy) is 1. The zero-order valence-electron chi connectivity index (χ0n) is 16.2. The molecule has 0 bridgehead atoms. The molecule has 2 N–H and O–H groups in total. The smallest absolute Gasteiger partial charge is 0.417 e. The monoisotopic (exact) mass is 420 g/mol. The number of hydrogen-bond donors (Lipinski definition) is 2. The molecule has 9 heteroatoms. The van der Waals surface area contributed by atoms with Crippen molar-refractivity contribution in [3.8, 4) is 23.3 Å². The highest BCUT2D eigenvalue weighted by Gasteiger charge is 2.48. The number of likely N-dealkylation sites (tertiary alicyclic amines) is 1. The van der Waals surface area contributed by atoms with Gasteiger partial charge in [0.15, 0.2) is 6.10 Å². The van der Waals surface area contributed by atoms with Gasteiger partial charge in [-0.3, -0.25) is 4.79 Å². The number of nitrogens with zero attached hydrogens (tertiary/aromatic N) is 2. The van der Waals surface area contributed by atoms with Gasteiger partial charge < -0.3 is 19.8 Å². The first-order valence-corrected chi connectivity index (χ1v) is 8.99. The number of amides is 1. The number of rotatable bonds is 4. The van der Waals surface area contributed by atoms with Crippen LogP contribution >= 0.6 is 0 Å². The van der Waals surface area contributed by atoms with Gasteiger partial charge in [0.05, 0.1) is 17.2 Å². The minimum atomic E-state index is -4.73. The summed E-state index contributed by atoms with van der Waals surface area (Å²) in [6.07, 6.45) is -5.78. The third kappa shape index (κ3) is 4.27. The van der Waals surface area contributed by atoms with Gasteiger partial charge in [-0.2, -0.15) is 18.4 Å². The third-order valence-corrected chi connectivity index (χ3v) is 4.85. The molecule has 1 saturated heterocycles. The standard InChI is InChI=1S/C21H19F3N2O4/c1-20(2)11-26(10-12-5-14(27)7-15(28)6-12)19(29)18(20)30-16-4-3-13(9-25)17(8-16)21(22,23)24/h3-8,18,27-28H,10-11H2,1-2H3. The number of aromatic hydroxyl groups is 2. The summed E-state index contributed by atoms with van der Waals surface area (Å²) in [5, 5.41) is 28.1. The molecule has 1 unspecified atom stereocenters. The Bertz CT molecular complexity index is 1010. The lowest BCUT2D eigenvalue weighted by Crippen LogP contribution is -2.36. The van der Waals surface area contributed by atoms with Crippen molar-refractivity contribution < 1.29 is 32.9 Å². The molecule has 0 saturated carbocycles. The van der Waals surface area contributed by atoms with Gasteiger partial charge in [-0.1, -0.05) is 13.8 Å². The van der Waals surface area contributed by atoms with E-state index >= 15 is 0 Å². The number of phenols is 2. The van der Waals surface area contributed by atoms with Crippen LogP contribution in [-0.4, -0.2) is 33.7 Å². The Labute approximate surface area is 170 Å². The van der Waals surface area contributed by atoms with Gasteiger partial charge in [-0.15, -0.1) is 0 Å². The number of carbonyl (C=O) groups excluding carboxylic acids is 1. The Kier molecular flexibility index (Phi) is 5.29. The Morgan fingerprint density at radius 2 is 1.83 bits per heavy atom. The predicted octanol–water partition coefficient (Wildman–Crippen LogP) is 3.80. The van der Waals surface area contributed by atoms with E-state index in [-0.39, 0.29) is 30.3 Å². The minimum absolute atomic E-state index is 0.0885. The highest BCUT2D eigenvalue weighted by Crippen LogP contribution is 2.38. The van der Waals surface area contributed by atoms with Crippen molar-refractivity contribution in [2.75, 3.05) is 6.54 Å². The zero-order valence-corrected chi connectivity index (χ0v) is 16.2. The van der Waals surface area contributed by atoms with Crippen LogP contribution in [0.25, 0.3) is 0 Å². The van der Waals surface area contributed by atoms with Gasteiger partial charge in [-0.05, 0) is 35.9 Å². The largest absolute Gasteiger partial charge is 0.508 e. The van der Waals surface area contributed by atoms with E-state index in [0.29, 0.717) is 5.56 Å². The highest BCUT2D eigenvalue weighted by atomic mass is 19.4. The average Bonchev–Trinajstić information content (AvgIpc) is 2.83. The van der Waals surface area contributed by atoms with Crippen LogP contribution in [0.2, 0.25) is 0 Å². The number of nitriles is 1. The molecule has 158 valence electrons. The number of hydrogen-bond acceptors (Lipinski definition) is 5. The molecule has 0 aliphatic carbocycles.